The van der Waals surface area contributed by atoms with Crippen molar-refractivity contribution < 1.29 is 24.2 Å². The Hall–Kier alpha value is -2.42. The largest absolute Gasteiger partial charge is 0.507 e. The lowest BCUT2D eigenvalue weighted by molar-refractivity contribution is -0.142. The molecule has 0 aliphatic carbocycles. The molecule has 0 saturated heterocycles. The molecule has 0 aliphatic rings. The van der Waals surface area contributed by atoms with Gasteiger partial charge in [-0.25, -0.2) is 4.79 Å². The van der Waals surface area contributed by atoms with Gasteiger partial charge in [-0.3, -0.25) is 9.59 Å². The number of nitrogens with one attached hydrogen (secondary N) is 2. The number of phenolic OH excluding ortho intramolecular Hbond substituents is 1. The molecule has 0 saturated carbocycles. The molecule has 0 spiro atoms. The van der Waals surface area contributed by atoms with Gasteiger partial charge in [-0.15, -0.1) is 0 Å². The third-order valence-electron chi connectivity index (χ3n) is 5.91. The topological polar surface area (TPSA) is 108 Å². The Morgan fingerprint density at radius 2 is 1.70 bits per heavy atom. The SMILES string of the molecule is CCCCCCCN(C(=O)C(CS)NC(=O)OC(C)(C)C)C(C(=O)NCCCC)c1cccc(C)c1O. The number of thiol groups is 1. The molecule has 8 nitrogen and oxygen atoms in total. The summed E-state index contributed by atoms with van der Waals surface area (Å²) < 4.78 is 5.34. The van der Waals surface area contributed by atoms with Crippen molar-refractivity contribution in [1.29, 1.82) is 0 Å². The van der Waals surface area contributed by atoms with Gasteiger partial charge < -0.3 is 25.4 Å². The summed E-state index contributed by atoms with van der Waals surface area (Å²) in [6.07, 6.45) is 5.75. The standard InChI is InChI=1S/C28H47N3O5S/c1-7-9-11-12-13-18-31(26(34)22(19-37)30-27(35)36-28(4,5)6)23(25(33)29-17-10-8-2)21-16-14-15-20(3)24(21)32/h14-16,22-23,32,37H,7-13,17-19H2,1-6H3,(H,29,33)(H,30,35). The van der Waals surface area contributed by atoms with Crippen molar-refractivity contribution in [2.75, 3.05) is 18.8 Å². The lowest BCUT2D eigenvalue weighted by Gasteiger charge is -2.34. The average molecular weight is 538 g/mol. The van der Waals surface area contributed by atoms with Crippen molar-refractivity contribution >= 4 is 30.5 Å². The minimum Gasteiger partial charge on any atom is -0.507 e. The van der Waals surface area contributed by atoms with E-state index in [1.807, 2.05) is 6.92 Å². The number of aromatic hydroxyl groups is 1. The summed E-state index contributed by atoms with van der Waals surface area (Å²) >= 11 is 4.32. The smallest absolute Gasteiger partial charge is 0.408 e. The molecule has 0 heterocycles. The summed E-state index contributed by atoms with van der Waals surface area (Å²) in [6.45, 7) is 11.9. The van der Waals surface area contributed by atoms with E-state index in [0.717, 1.165) is 38.5 Å². The van der Waals surface area contributed by atoms with E-state index in [1.165, 1.54) is 4.90 Å². The van der Waals surface area contributed by atoms with Crippen molar-refractivity contribution in [1.82, 2.24) is 15.5 Å². The first-order valence-corrected chi connectivity index (χ1v) is 14.1. The maximum Gasteiger partial charge on any atom is 0.408 e. The number of rotatable bonds is 15. The second kappa shape index (κ2) is 16.4. The fourth-order valence-electron chi connectivity index (χ4n) is 3.93. The van der Waals surface area contributed by atoms with E-state index < -0.39 is 29.7 Å². The van der Waals surface area contributed by atoms with Crippen LogP contribution in [0.3, 0.4) is 0 Å². The highest BCUT2D eigenvalue weighted by atomic mass is 32.1. The lowest BCUT2D eigenvalue weighted by Crippen LogP contribution is -2.54. The summed E-state index contributed by atoms with van der Waals surface area (Å²) in [5.74, 6) is -0.822. The number of hydrogen-bond acceptors (Lipinski definition) is 6. The van der Waals surface area contributed by atoms with Crippen LogP contribution in [0.1, 0.15) is 96.7 Å². The van der Waals surface area contributed by atoms with Crippen LogP contribution in [0.2, 0.25) is 0 Å². The molecule has 3 amide bonds. The quantitative estimate of drug-likeness (QED) is 0.180. The molecule has 1 aromatic carbocycles. The Kier molecular flexibility index (Phi) is 14.5. The predicted octanol–water partition coefficient (Wildman–Crippen LogP) is 5.28. The molecule has 37 heavy (non-hydrogen) atoms. The van der Waals surface area contributed by atoms with E-state index in [-0.39, 0.29) is 17.4 Å². The highest BCUT2D eigenvalue weighted by Crippen LogP contribution is 2.32. The maximum absolute atomic E-state index is 13.9. The first-order valence-electron chi connectivity index (χ1n) is 13.4. The third-order valence-corrected chi connectivity index (χ3v) is 6.28. The first-order chi connectivity index (χ1) is 17.5. The van der Waals surface area contributed by atoms with E-state index >= 15 is 0 Å². The summed E-state index contributed by atoms with van der Waals surface area (Å²) in [6, 6.07) is 3.11. The van der Waals surface area contributed by atoms with Crippen molar-refractivity contribution in [2.24, 2.45) is 0 Å². The monoisotopic (exact) mass is 537 g/mol. The number of benzene rings is 1. The number of hydrogen-bond donors (Lipinski definition) is 4. The van der Waals surface area contributed by atoms with Gasteiger partial charge >= 0.3 is 6.09 Å². The number of nitrogens with zero attached hydrogens (tertiary/aromatic N) is 1. The number of ether oxygens (including phenoxy) is 1. The number of alkyl carbamates (subject to hydrolysis) is 1. The van der Waals surface area contributed by atoms with Crippen LogP contribution < -0.4 is 10.6 Å². The number of amides is 3. The predicted molar refractivity (Wildman–Crippen MR) is 151 cm³/mol. The van der Waals surface area contributed by atoms with Crippen LogP contribution in [-0.4, -0.2) is 58.4 Å². The average Bonchev–Trinajstić information content (AvgIpc) is 2.82. The molecule has 2 unspecified atom stereocenters. The van der Waals surface area contributed by atoms with Gasteiger partial charge in [0.2, 0.25) is 11.8 Å². The molecule has 210 valence electrons. The molecule has 0 radical (unpaired) electrons. The Morgan fingerprint density at radius 1 is 1.05 bits per heavy atom. The highest BCUT2D eigenvalue weighted by molar-refractivity contribution is 7.80. The third kappa shape index (κ3) is 11.2. The molecule has 3 N–H and O–H groups in total. The maximum atomic E-state index is 13.9. The molecule has 1 rings (SSSR count). The fourth-order valence-corrected chi connectivity index (χ4v) is 4.17. The van der Waals surface area contributed by atoms with Crippen molar-refractivity contribution in [3.05, 3.63) is 29.3 Å². The molecule has 0 bridgehead atoms. The van der Waals surface area contributed by atoms with Gasteiger partial charge in [0.05, 0.1) is 0 Å². The van der Waals surface area contributed by atoms with E-state index in [2.05, 4.69) is 30.2 Å². The van der Waals surface area contributed by atoms with E-state index in [1.54, 1.807) is 45.9 Å². The van der Waals surface area contributed by atoms with Crippen molar-refractivity contribution in [3.63, 3.8) is 0 Å². The zero-order valence-corrected chi connectivity index (χ0v) is 24.3. The van der Waals surface area contributed by atoms with E-state index in [4.69, 9.17) is 4.74 Å². The van der Waals surface area contributed by atoms with Crippen LogP contribution in [0, 0.1) is 6.92 Å². The summed E-state index contributed by atoms with van der Waals surface area (Å²) in [5, 5.41) is 16.5. The second-order valence-electron chi connectivity index (χ2n) is 10.4. The Morgan fingerprint density at radius 3 is 2.30 bits per heavy atom. The number of para-hydroxylation sites is 1. The molecule has 0 aromatic heterocycles. The van der Waals surface area contributed by atoms with Gasteiger partial charge in [0.25, 0.3) is 0 Å². The second-order valence-corrected chi connectivity index (χ2v) is 10.8. The number of unbranched alkanes of at least 4 members (excludes halogenated alkanes) is 5. The number of aryl methyl sites for hydroxylation is 1. The van der Waals surface area contributed by atoms with Crippen LogP contribution in [-0.2, 0) is 14.3 Å². The van der Waals surface area contributed by atoms with Gasteiger partial charge in [0, 0.05) is 24.4 Å². The van der Waals surface area contributed by atoms with Crippen molar-refractivity contribution in [2.45, 2.75) is 104 Å². The lowest BCUT2D eigenvalue weighted by atomic mass is 9.98. The van der Waals surface area contributed by atoms with Crippen LogP contribution in [0.15, 0.2) is 18.2 Å². The molecule has 0 fully saturated rings. The Balaban J connectivity index is 3.40. The van der Waals surface area contributed by atoms with Gasteiger partial charge in [0.15, 0.2) is 0 Å². The van der Waals surface area contributed by atoms with Crippen LogP contribution >= 0.6 is 12.6 Å². The highest BCUT2D eigenvalue weighted by Gasteiger charge is 2.37. The van der Waals surface area contributed by atoms with Crippen molar-refractivity contribution in [3.8, 4) is 5.75 Å². The number of phenols is 1. The first kappa shape index (κ1) is 32.6. The fraction of sp³-hybridized carbons (Fsp3) is 0.679. The Labute approximate surface area is 228 Å². The molecule has 2 atom stereocenters. The van der Waals surface area contributed by atoms with Crippen LogP contribution in [0.25, 0.3) is 0 Å². The summed E-state index contributed by atoms with van der Waals surface area (Å²) in [4.78, 5) is 41.4. The number of carbonyl (C=O) groups is 3. The summed E-state index contributed by atoms with van der Waals surface area (Å²) in [5.41, 5.74) is 0.227. The minimum absolute atomic E-state index is 0.0222. The van der Waals surface area contributed by atoms with Crippen LogP contribution in [0.4, 0.5) is 4.79 Å². The van der Waals surface area contributed by atoms with Gasteiger partial charge in [-0.2, -0.15) is 12.6 Å². The van der Waals surface area contributed by atoms with Crippen LogP contribution in [0.5, 0.6) is 5.75 Å². The zero-order valence-electron chi connectivity index (χ0n) is 23.4. The zero-order chi connectivity index (χ0) is 28.0. The van der Waals surface area contributed by atoms with Gasteiger partial charge in [-0.1, -0.05) is 64.2 Å². The molecular formula is C28H47N3O5S. The molecule has 9 heteroatoms. The number of carbonyl (C=O) groups excluding carboxylic acids is 3. The molecule has 1 aromatic rings. The summed E-state index contributed by atoms with van der Waals surface area (Å²) in [7, 11) is 0. The Bertz CT molecular complexity index is 872. The van der Waals surface area contributed by atoms with E-state index in [0.29, 0.717) is 30.6 Å². The van der Waals surface area contributed by atoms with Gasteiger partial charge in [-0.05, 0) is 46.1 Å². The molecular weight excluding hydrogens is 490 g/mol. The van der Waals surface area contributed by atoms with Gasteiger partial charge in [0.1, 0.15) is 23.4 Å². The minimum atomic E-state index is -1.06. The normalized spacial score (nSPS) is 12.9. The van der Waals surface area contributed by atoms with E-state index in [9.17, 15) is 19.5 Å². The molecule has 0 aliphatic heterocycles.